The molecular weight excluding hydrogens is 192 g/mol. The highest BCUT2D eigenvalue weighted by molar-refractivity contribution is 6.20. The Morgan fingerprint density at radius 3 is 2.92 bits per heavy atom. The van der Waals surface area contributed by atoms with E-state index in [2.05, 4.69) is 10.1 Å². The van der Waals surface area contributed by atoms with E-state index in [-0.39, 0.29) is 5.38 Å². The second kappa shape index (κ2) is 5.19. The Balaban J connectivity index is 2.53. The number of hydrogen-bond donors (Lipinski definition) is 0. The van der Waals surface area contributed by atoms with Crippen LogP contribution >= 0.6 is 11.6 Å². The van der Waals surface area contributed by atoms with Crippen molar-refractivity contribution in [3.63, 3.8) is 0 Å². The number of rotatable bonds is 5. The van der Waals surface area contributed by atoms with Gasteiger partial charge in [-0.2, -0.15) is 4.98 Å². The van der Waals surface area contributed by atoms with Gasteiger partial charge in [-0.25, -0.2) is 0 Å². The van der Waals surface area contributed by atoms with E-state index in [0.29, 0.717) is 24.9 Å². The smallest absolute Gasteiger partial charge is 0.252 e. The van der Waals surface area contributed by atoms with E-state index in [4.69, 9.17) is 20.9 Å². The normalized spacial score (nSPS) is 13.2. The molecule has 0 fully saturated rings. The van der Waals surface area contributed by atoms with E-state index < -0.39 is 0 Å². The molecule has 1 aromatic heterocycles. The average Bonchev–Trinajstić information content (AvgIpc) is 2.62. The molecule has 0 aromatic carbocycles. The SMILES string of the molecule is CCOCc1nc(C(Cl)CC)no1. The number of aromatic nitrogens is 2. The van der Waals surface area contributed by atoms with Gasteiger partial charge in [-0.05, 0) is 13.3 Å². The van der Waals surface area contributed by atoms with Gasteiger partial charge in [0, 0.05) is 6.61 Å². The fraction of sp³-hybridized carbons (Fsp3) is 0.750. The van der Waals surface area contributed by atoms with Gasteiger partial charge in [0.15, 0.2) is 5.82 Å². The predicted molar refractivity (Wildman–Crippen MR) is 48.5 cm³/mol. The van der Waals surface area contributed by atoms with Gasteiger partial charge in [-0.1, -0.05) is 12.1 Å². The summed E-state index contributed by atoms with van der Waals surface area (Å²) in [6, 6.07) is 0. The lowest BCUT2D eigenvalue weighted by Gasteiger charge is -1.96. The van der Waals surface area contributed by atoms with Gasteiger partial charge in [0.05, 0.1) is 5.38 Å². The summed E-state index contributed by atoms with van der Waals surface area (Å²) in [7, 11) is 0. The molecule has 0 bridgehead atoms. The Morgan fingerprint density at radius 1 is 1.54 bits per heavy atom. The molecule has 0 aliphatic rings. The summed E-state index contributed by atoms with van der Waals surface area (Å²) in [5.41, 5.74) is 0. The van der Waals surface area contributed by atoms with Gasteiger partial charge < -0.3 is 9.26 Å². The minimum atomic E-state index is -0.167. The summed E-state index contributed by atoms with van der Waals surface area (Å²) < 4.78 is 10.0. The summed E-state index contributed by atoms with van der Waals surface area (Å²) in [5, 5.41) is 3.57. The number of halogens is 1. The summed E-state index contributed by atoms with van der Waals surface area (Å²) in [6.07, 6.45) is 0.787. The minimum Gasteiger partial charge on any atom is -0.372 e. The molecule has 1 heterocycles. The molecule has 0 amide bonds. The van der Waals surface area contributed by atoms with Crippen LogP contribution in [-0.2, 0) is 11.3 Å². The molecule has 1 atom stereocenters. The molecule has 0 radical (unpaired) electrons. The lowest BCUT2D eigenvalue weighted by atomic mass is 10.3. The third kappa shape index (κ3) is 2.97. The van der Waals surface area contributed by atoms with E-state index in [1.165, 1.54) is 0 Å². The molecule has 0 N–H and O–H groups in total. The fourth-order valence-corrected chi connectivity index (χ4v) is 0.914. The Hall–Kier alpha value is -0.610. The first-order valence-corrected chi connectivity index (χ1v) is 4.75. The van der Waals surface area contributed by atoms with Crippen LogP contribution in [0.4, 0.5) is 0 Å². The van der Waals surface area contributed by atoms with Crippen LogP contribution in [0.1, 0.15) is 37.4 Å². The van der Waals surface area contributed by atoms with E-state index in [1.807, 2.05) is 13.8 Å². The molecule has 1 aromatic rings. The number of nitrogens with zero attached hydrogens (tertiary/aromatic N) is 2. The monoisotopic (exact) mass is 204 g/mol. The van der Waals surface area contributed by atoms with Crippen molar-refractivity contribution in [2.45, 2.75) is 32.3 Å². The zero-order valence-corrected chi connectivity index (χ0v) is 8.54. The van der Waals surface area contributed by atoms with E-state index in [0.717, 1.165) is 6.42 Å². The van der Waals surface area contributed by atoms with Crippen LogP contribution in [0.5, 0.6) is 0 Å². The topological polar surface area (TPSA) is 48.2 Å². The highest BCUT2D eigenvalue weighted by Gasteiger charge is 2.13. The maximum Gasteiger partial charge on any atom is 0.252 e. The van der Waals surface area contributed by atoms with Crippen molar-refractivity contribution in [3.8, 4) is 0 Å². The van der Waals surface area contributed by atoms with Crippen LogP contribution in [0.15, 0.2) is 4.52 Å². The summed E-state index contributed by atoms with van der Waals surface area (Å²) >= 11 is 5.91. The minimum absolute atomic E-state index is 0.167. The second-order valence-corrected chi connectivity index (χ2v) is 3.09. The van der Waals surface area contributed by atoms with E-state index in [9.17, 15) is 0 Å². The van der Waals surface area contributed by atoms with Crippen LogP contribution in [0.2, 0.25) is 0 Å². The van der Waals surface area contributed by atoms with Gasteiger partial charge in [0.25, 0.3) is 5.89 Å². The largest absolute Gasteiger partial charge is 0.372 e. The standard InChI is InChI=1S/C8H13ClN2O2/c1-3-6(9)8-10-7(13-11-8)5-12-4-2/h6H,3-5H2,1-2H3. The van der Waals surface area contributed by atoms with Crippen molar-refractivity contribution < 1.29 is 9.26 Å². The molecule has 5 heteroatoms. The quantitative estimate of drug-likeness (QED) is 0.691. The Bertz CT molecular complexity index is 252. The van der Waals surface area contributed by atoms with Crippen LogP contribution in [0, 0.1) is 0 Å². The molecule has 74 valence electrons. The number of hydrogen-bond acceptors (Lipinski definition) is 4. The van der Waals surface area contributed by atoms with Crippen LogP contribution in [0.3, 0.4) is 0 Å². The number of ether oxygens (including phenoxy) is 1. The zero-order chi connectivity index (χ0) is 9.68. The van der Waals surface area contributed by atoms with Gasteiger partial charge in [-0.15, -0.1) is 11.6 Å². The highest BCUT2D eigenvalue weighted by Crippen LogP contribution is 2.20. The first-order valence-electron chi connectivity index (χ1n) is 4.32. The Morgan fingerprint density at radius 2 is 2.31 bits per heavy atom. The van der Waals surface area contributed by atoms with Crippen molar-refractivity contribution in [3.05, 3.63) is 11.7 Å². The molecule has 13 heavy (non-hydrogen) atoms. The molecular formula is C8H13ClN2O2. The van der Waals surface area contributed by atoms with Gasteiger partial charge in [0.2, 0.25) is 0 Å². The number of alkyl halides is 1. The molecule has 1 unspecified atom stereocenters. The lowest BCUT2D eigenvalue weighted by molar-refractivity contribution is 0.109. The molecule has 1 rings (SSSR count). The zero-order valence-electron chi connectivity index (χ0n) is 7.79. The van der Waals surface area contributed by atoms with Crippen molar-refractivity contribution >= 4 is 11.6 Å². The first kappa shape index (κ1) is 10.5. The van der Waals surface area contributed by atoms with Gasteiger partial charge >= 0.3 is 0 Å². The maximum absolute atomic E-state index is 5.91. The maximum atomic E-state index is 5.91. The third-order valence-electron chi connectivity index (χ3n) is 1.55. The second-order valence-electron chi connectivity index (χ2n) is 2.56. The van der Waals surface area contributed by atoms with Crippen LogP contribution in [-0.4, -0.2) is 16.7 Å². The van der Waals surface area contributed by atoms with Crippen molar-refractivity contribution in [2.75, 3.05) is 6.61 Å². The summed E-state index contributed by atoms with van der Waals surface area (Å²) in [4.78, 5) is 4.08. The van der Waals surface area contributed by atoms with Crippen LogP contribution < -0.4 is 0 Å². The Labute approximate surface area is 82.2 Å². The van der Waals surface area contributed by atoms with E-state index >= 15 is 0 Å². The van der Waals surface area contributed by atoms with Crippen molar-refractivity contribution in [1.29, 1.82) is 0 Å². The molecule has 4 nitrogen and oxygen atoms in total. The molecule has 0 spiro atoms. The molecule has 0 aliphatic carbocycles. The lowest BCUT2D eigenvalue weighted by Crippen LogP contribution is -1.94. The average molecular weight is 205 g/mol. The van der Waals surface area contributed by atoms with Gasteiger partial charge in [-0.3, -0.25) is 0 Å². The molecule has 0 saturated heterocycles. The van der Waals surface area contributed by atoms with Gasteiger partial charge in [0.1, 0.15) is 6.61 Å². The van der Waals surface area contributed by atoms with Crippen LogP contribution in [0.25, 0.3) is 0 Å². The Kier molecular flexibility index (Phi) is 4.18. The molecule has 0 saturated carbocycles. The predicted octanol–water partition coefficient (Wildman–Crippen LogP) is 2.30. The van der Waals surface area contributed by atoms with Crippen molar-refractivity contribution in [2.24, 2.45) is 0 Å². The van der Waals surface area contributed by atoms with E-state index in [1.54, 1.807) is 0 Å². The third-order valence-corrected chi connectivity index (χ3v) is 2.06. The summed E-state index contributed by atoms with van der Waals surface area (Å²) in [5.74, 6) is 1.02. The van der Waals surface area contributed by atoms with Crippen molar-refractivity contribution in [1.82, 2.24) is 10.1 Å². The summed E-state index contributed by atoms with van der Waals surface area (Å²) in [6.45, 7) is 4.87. The highest BCUT2D eigenvalue weighted by atomic mass is 35.5. The fourth-order valence-electron chi connectivity index (χ4n) is 0.826. The first-order chi connectivity index (χ1) is 6.27. The molecule has 0 aliphatic heterocycles.